The van der Waals surface area contributed by atoms with Gasteiger partial charge in [0.25, 0.3) is 0 Å². The lowest BCUT2D eigenvalue weighted by Gasteiger charge is -2.23. The van der Waals surface area contributed by atoms with Crippen LogP contribution in [0.25, 0.3) is 0 Å². The average Bonchev–Trinajstić information content (AvgIpc) is 2.48. The number of aryl methyl sites for hydroxylation is 1. The summed E-state index contributed by atoms with van der Waals surface area (Å²) in [5, 5.41) is 6.91. The molecule has 1 aliphatic rings. The first kappa shape index (κ1) is 15.7. The highest BCUT2D eigenvalue weighted by molar-refractivity contribution is 8.06. The maximum atomic E-state index is 12.1. The van der Waals surface area contributed by atoms with Gasteiger partial charge in [-0.05, 0) is 26.0 Å². The van der Waals surface area contributed by atoms with Gasteiger partial charge >= 0.3 is 0 Å². The summed E-state index contributed by atoms with van der Waals surface area (Å²) in [6.45, 7) is 4.86. The van der Waals surface area contributed by atoms with Crippen molar-refractivity contribution in [2.75, 3.05) is 29.1 Å². The Morgan fingerprint density at radius 2 is 2.10 bits per heavy atom. The Bertz CT molecular complexity index is 430. The summed E-state index contributed by atoms with van der Waals surface area (Å²) in [7, 11) is 0. The number of amides is 1. The SMILES string of the molecule is Cc1ccc(NC(=O)C(C)NCC2CSCCS2)cc1. The van der Waals surface area contributed by atoms with Crippen LogP contribution in [-0.4, -0.2) is 41.0 Å². The summed E-state index contributed by atoms with van der Waals surface area (Å²) < 4.78 is 0. The fraction of sp³-hybridized carbons (Fsp3) is 0.533. The molecule has 5 heteroatoms. The molecule has 2 N–H and O–H groups in total. The first-order valence-corrected chi connectivity index (χ1v) is 9.16. The van der Waals surface area contributed by atoms with E-state index in [1.54, 1.807) is 0 Å². The highest BCUT2D eigenvalue weighted by atomic mass is 32.2. The maximum Gasteiger partial charge on any atom is 0.241 e. The highest BCUT2D eigenvalue weighted by Crippen LogP contribution is 2.23. The van der Waals surface area contributed by atoms with Gasteiger partial charge in [-0.15, -0.1) is 0 Å². The molecule has 1 fully saturated rings. The molecule has 2 unspecified atom stereocenters. The van der Waals surface area contributed by atoms with Crippen molar-refractivity contribution in [1.82, 2.24) is 5.32 Å². The van der Waals surface area contributed by atoms with Gasteiger partial charge < -0.3 is 10.6 Å². The molecule has 0 aliphatic carbocycles. The van der Waals surface area contributed by atoms with Gasteiger partial charge in [0.05, 0.1) is 6.04 Å². The summed E-state index contributed by atoms with van der Waals surface area (Å²) in [5.41, 5.74) is 2.05. The lowest BCUT2D eigenvalue weighted by molar-refractivity contribution is -0.117. The van der Waals surface area contributed by atoms with Crippen LogP contribution in [0.15, 0.2) is 24.3 Å². The topological polar surface area (TPSA) is 41.1 Å². The molecule has 1 aliphatic heterocycles. The molecule has 1 amide bonds. The molecule has 1 heterocycles. The fourth-order valence-corrected chi connectivity index (χ4v) is 4.57. The Labute approximate surface area is 129 Å². The fourth-order valence-electron chi connectivity index (χ4n) is 1.94. The number of rotatable bonds is 5. The largest absolute Gasteiger partial charge is 0.325 e. The van der Waals surface area contributed by atoms with Crippen LogP contribution in [0, 0.1) is 6.92 Å². The molecule has 0 bridgehead atoms. The first-order chi connectivity index (χ1) is 9.65. The molecule has 0 saturated carbocycles. The van der Waals surface area contributed by atoms with E-state index < -0.39 is 0 Å². The van der Waals surface area contributed by atoms with Crippen LogP contribution in [-0.2, 0) is 4.79 Å². The number of nitrogens with one attached hydrogen (secondary N) is 2. The van der Waals surface area contributed by atoms with Crippen molar-refractivity contribution in [2.45, 2.75) is 25.1 Å². The van der Waals surface area contributed by atoms with Gasteiger partial charge in [-0.3, -0.25) is 4.79 Å². The molecule has 0 spiro atoms. The third kappa shape index (κ3) is 5.04. The van der Waals surface area contributed by atoms with Crippen LogP contribution < -0.4 is 10.6 Å². The smallest absolute Gasteiger partial charge is 0.241 e. The Morgan fingerprint density at radius 3 is 2.75 bits per heavy atom. The van der Waals surface area contributed by atoms with Gasteiger partial charge in [-0.1, -0.05) is 17.7 Å². The lowest BCUT2D eigenvalue weighted by Crippen LogP contribution is -2.42. The molecule has 0 aromatic heterocycles. The number of hydrogen-bond acceptors (Lipinski definition) is 4. The zero-order valence-corrected chi connectivity index (χ0v) is 13.7. The Kier molecular flexibility index (Phi) is 6.26. The molecule has 0 radical (unpaired) electrons. The minimum absolute atomic E-state index is 0.0299. The van der Waals surface area contributed by atoms with E-state index in [4.69, 9.17) is 0 Å². The summed E-state index contributed by atoms with van der Waals surface area (Å²) in [4.78, 5) is 12.1. The zero-order chi connectivity index (χ0) is 14.4. The number of thioether (sulfide) groups is 2. The van der Waals surface area contributed by atoms with Crippen molar-refractivity contribution in [1.29, 1.82) is 0 Å². The number of carbonyl (C=O) groups excluding carboxylic acids is 1. The van der Waals surface area contributed by atoms with E-state index >= 15 is 0 Å². The number of anilines is 1. The van der Waals surface area contributed by atoms with E-state index in [2.05, 4.69) is 10.6 Å². The molecule has 110 valence electrons. The zero-order valence-electron chi connectivity index (χ0n) is 12.0. The van der Waals surface area contributed by atoms with Gasteiger partial charge in [-0.2, -0.15) is 23.5 Å². The van der Waals surface area contributed by atoms with E-state index in [1.165, 1.54) is 22.8 Å². The van der Waals surface area contributed by atoms with Gasteiger partial charge in [0.1, 0.15) is 0 Å². The van der Waals surface area contributed by atoms with E-state index in [1.807, 2.05) is 61.6 Å². The number of carbonyl (C=O) groups is 1. The van der Waals surface area contributed by atoms with Crippen LogP contribution >= 0.6 is 23.5 Å². The molecule has 20 heavy (non-hydrogen) atoms. The van der Waals surface area contributed by atoms with Crippen LogP contribution in [0.5, 0.6) is 0 Å². The van der Waals surface area contributed by atoms with Crippen molar-refractivity contribution in [3.63, 3.8) is 0 Å². The predicted octanol–water partition coefficient (Wildman–Crippen LogP) is 2.76. The number of hydrogen-bond donors (Lipinski definition) is 2. The Balaban J connectivity index is 1.75. The average molecular weight is 310 g/mol. The molecule has 2 atom stereocenters. The van der Waals surface area contributed by atoms with E-state index in [9.17, 15) is 4.79 Å². The summed E-state index contributed by atoms with van der Waals surface area (Å²) in [6.07, 6.45) is 0. The van der Waals surface area contributed by atoms with E-state index in [0.717, 1.165) is 12.2 Å². The minimum Gasteiger partial charge on any atom is -0.325 e. The normalized spacial score (nSPS) is 20.4. The Morgan fingerprint density at radius 1 is 1.35 bits per heavy atom. The van der Waals surface area contributed by atoms with Crippen molar-refractivity contribution in [3.8, 4) is 0 Å². The Hall–Kier alpha value is -0.650. The summed E-state index contributed by atoms with van der Waals surface area (Å²) >= 11 is 4.01. The third-order valence-corrected chi connectivity index (χ3v) is 6.09. The van der Waals surface area contributed by atoms with Gasteiger partial charge in [0.2, 0.25) is 5.91 Å². The van der Waals surface area contributed by atoms with Crippen LogP contribution in [0.2, 0.25) is 0 Å². The second kappa shape index (κ2) is 7.96. The second-order valence-electron chi connectivity index (χ2n) is 5.05. The monoisotopic (exact) mass is 310 g/mol. The van der Waals surface area contributed by atoms with Gasteiger partial charge in [-0.25, -0.2) is 0 Å². The molecule has 1 aromatic rings. The lowest BCUT2D eigenvalue weighted by atomic mass is 10.2. The molecular formula is C15H22N2OS2. The van der Waals surface area contributed by atoms with Gasteiger partial charge in [0.15, 0.2) is 0 Å². The highest BCUT2D eigenvalue weighted by Gasteiger charge is 2.17. The van der Waals surface area contributed by atoms with Crippen molar-refractivity contribution >= 4 is 35.1 Å². The summed E-state index contributed by atoms with van der Waals surface area (Å²) in [6, 6.07) is 7.72. The molecule has 2 rings (SSSR count). The van der Waals surface area contributed by atoms with Crippen LogP contribution in [0.1, 0.15) is 12.5 Å². The van der Waals surface area contributed by atoms with Crippen molar-refractivity contribution in [3.05, 3.63) is 29.8 Å². The molecule has 1 aromatic carbocycles. The van der Waals surface area contributed by atoms with Crippen LogP contribution in [0.4, 0.5) is 5.69 Å². The van der Waals surface area contributed by atoms with Crippen molar-refractivity contribution in [2.24, 2.45) is 0 Å². The molecular weight excluding hydrogens is 288 g/mol. The van der Waals surface area contributed by atoms with E-state index in [0.29, 0.717) is 5.25 Å². The minimum atomic E-state index is -0.163. The quantitative estimate of drug-likeness (QED) is 0.877. The van der Waals surface area contributed by atoms with E-state index in [-0.39, 0.29) is 11.9 Å². The second-order valence-corrected chi connectivity index (χ2v) is 7.61. The molecule has 3 nitrogen and oxygen atoms in total. The van der Waals surface area contributed by atoms with Crippen molar-refractivity contribution < 1.29 is 4.79 Å². The number of benzene rings is 1. The standard InChI is InChI=1S/C15H22N2OS2/c1-11-3-5-13(6-4-11)17-15(18)12(2)16-9-14-10-19-7-8-20-14/h3-6,12,14,16H,7-10H2,1-2H3,(H,17,18). The predicted molar refractivity (Wildman–Crippen MR) is 90.8 cm³/mol. The third-order valence-electron chi connectivity index (χ3n) is 3.25. The van der Waals surface area contributed by atoms with Crippen LogP contribution in [0.3, 0.4) is 0 Å². The molecule has 1 saturated heterocycles. The first-order valence-electron chi connectivity index (χ1n) is 6.95. The van der Waals surface area contributed by atoms with Gasteiger partial charge in [0, 0.05) is 34.7 Å². The summed E-state index contributed by atoms with van der Waals surface area (Å²) in [5.74, 6) is 3.69. The maximum absolute atomic E-state index is 12.1.